The molecule has 3 N–H and O–H groups in total. The van der Waals surface area contributed by atoms with E-state index in [0.29, 0.717) is 12.2 Å². The molecule has 2 aliphatic rings. The van der Waals surface area contributed by atoms with Crippen LogP contribution in [0.25, 0.3) is 0 Å². The van der Waals surface area contributed by atoms with Crippen molar-refractivity contribution in [1.82, 2.24) is 9.97 Å². The van der Waals surface area contributed by atoms with Crippen LogP contribution in [-0.2, 0) is 4.79 Å². The molecule has 2 aliphatic carbocycles. The standard InChI is InChI=1S/C13H18N4O2/c18-13(19)9-4-10(9)17-12-5-11(15-7-16-12)14-6-8-2-1-3-8/h5,7-10H,1-4,6H2,(H,18,19)(H2,14,15,16,17). The van der Waals surface area contributed by atoms with E-state index < -0.39 is 5.97 Å². The van der Waals surface area contributed by atoms with Crippen molar-refractivity contribution in [1.29, 1.82) is 0 Å². The quantitative estimate of drug-likeness (QED) is 0.721. The number of hydrogen-bond acceptors (Lipinski definition) is 5. The van der Waals surface area contributed by atoms with Crippen molar-refractivity contribution in [2.75, 3.05) is 17.2 Å². The fourth-order valence-electron chi connectivity index (χ4n) is 2.30. The Bertz CT molecular complexity index is 475. The minimum absolute atomic E-state index is 0.00637. The predicted molar refractivity (Wildman–Crippen MR) is 71.0 cm³/mol. The summed E-state index contributed by atoms with van der Waals surface area (Å²) in [6.07, 6.45) is 6.10. The molecule has 2 unspecified atom stereocenters. The Kier molecular flexibility index (Phi) is 3.23. The Morgan fingerprint density at radius 2 is 2.16 bits per heavy atom. The maximum atomic E-state index is 10.8. The first kappa shape index (κ1) is 12.2. The zero-order valence-corrected chi connectivity index (χ0v) is 10.7. The molecular weight excluding hydrogens is 244 g/mol. The minimum Gasteiger partial charge on any atom is -0.481 e. The number of carbonyl (C=O) groups is 1. The Labute approximate surface area is 111 Å². The van der Waals surface area contributed by atoms with Gasteiger partial charge in [0, 0.05) is 18.7 Å². The largest absolute Gasteiger partial charge is 0.481 e. The number of aromatic nitrogens is 2. The van der Waals surface area contributed by atoms with Gasteiger partial charge in [0.2, 0.25) is 0 Å². The lowest BCUT2D eigenvalue weighted by Crippen LogP contribution is -2.21. The van der Waals surface area contributed by atoms with Crippen molar-refractivity contribution in [2.45, 2.75) is 31.7 Å². The van der Waals surface area contributed by atoms with Crippen LogP contribution in [0.2, 0.25) is 0 Å². The molecule has 1 heterocycles. The van der Waals surface area contributed by atoms with Crippen LogP contribution < -0.4 is 10.6 Å². The summed E-state index contributed by atoms with van der Waals surface area (Å²) in [5.41, 5.74) is 0. The number of hydrogen-bond donors (Lipinski definition) is 3. The molecule has 1 aromatic rings. The first-order valence-corrected chi connectivity index (χ1v) is 6.77. The second-order valence-corrected chi connectivity index (χ2v) is 5.40. The number of carboxylic acid groups (broad SMARTS) is 1. The Morgan fingerprint density at radius 1 is 1.37 bits per heavy atom. The van der Waals surface area contributed by atoms with E-state index >= 15 is 0 Å². The van der Waals surface area contributed by atoms with Gasteiger partial charge in [-0.2, -0.15) is 0 Å². The normalized spacial score (nSPS) is 25.5. The number of nitrogens with zero attached hydrogens (tertiary/aromatic N) is 2. The summed E-state index contributed by atoms with van der Waals surface area (Å²) in [5.74, 6) is 1.25. The van der Waals surface area contributed by atoms with Crippen molar-refractivity contribution in [2.24, 2.45) is 11.8 Å². The van der Waals surface area contributed by atoms with Crippen LogP contribution in [0.1, 0.15) is 25.7 Å². The average Bonchev–Trinajstić information content (AvgIpc) is 3.07. The van der Waals surface area contributed by atoms with E-state index in [2.05, 4.69) is 20.6 Å². The summed E-state index contributed by atoms with van der Waals surface area (Å²) in [7, 11) is 0. The molecule has 6 nitrogen and oxygen atoms in total. The molecule has 0 saturated heterocycles. The lowest BCUT2D eigenvalue weighted by molar-refractivity contribution is -0.138. The molecule has 0 amide bonds. The molecule has 2 saturated carbocycles. The van der Waals surface area contributed by atoms with Gasteiger partial charge >= 0.3 is 5.97 Å². The fourth-order valence-corrected chi connectivity index (χ4v) is 2.30. The lowest BCUT2D eigenvalue weighted by Gasteiger charge is -2.25. The van der Waals surface area contributed by atoms with Gasteiger partial charge in [-0.1, -0.05) is 6.42 Å². The third-order valence-electron chi connectivity index (χ3n) is 3.90. The number of carboxylic acids is 1. The highest BCUT2D eigenvalue weighted by Crippen LogP contribution is 2.33. The molecular formula is C13H18N4O2. The van der Waals surface area contributed by atoms with Gasteiger partial charge in [0.15, 0.2) is 0 Å². The van der Waals surface area contributed by atoms with Crippen molar-refractivity contribution < 1.29 is 9.90 Å². The summed E-state index contributed by atoms with van der Waals surface area (Å²) in [5, 5.41) is 15.3. The summed E-state index contributed by atoms with van der Waals surface area (Å²) in [4.78, 5) is 19.1. The fraction of sp³-hybridized carbons (Fsp3) is 0.615. The number of aliphatic carboxylic acids is 1. The van der Waals surface area contributed by atoms with E-state index in [1.165, 1.54) is 25.6 Å². The molecule has 19 heavy (non-hydrogen) atoms. The first-order chi connectivity index (χ1) is 9.22. The maximum absolute atomic E-state index is 10.8. The van der Waals surface area contributed by atoms with Gasteiger partial charge < -0.3 is 15.7 Å². The minimum atomic E-state index is -0.741. The van der Waals surface area contributed by atoms with Crippen LogP contribution in [0.4, 0.5) is 11.6 Å². The van der Waals surface area contributed by atoms with Crippen molar-refractivity contribution in [3.8, 4) is 0 Å². The van der Waals surface area contributed by atoms with Crippen LogP contribution in [0, 0.1) is 11.8 Å². The molecule has 0 bridgehead atoms. The zero-order valence-electron chi connectivity index (χ0n) is 10.7. The SMILES string of the molecule is O=C(O)C1CC1Nc1cc(NCC2CCC2)ncn1. The van der Waals surface area contributed by atoms with Crippen LogP contribution in [0.5, 0.6) is 0 Å². The third-order valence-corrected chi connectivity index (χ3v) is 3.90. The number of rotatable bonds is 6. The summed E-state index contributed by atoms with van der Waals surface area (Å²) in [6, 6.07) is 1.85. The molecule has 2 fully saturated rings. The van der Waals surface area contributed by atoms with Crippen molar-refractivity contribution in [3.63, 3.8) is 0 Å². The average molecular weight is 262 g/mol. The van der Waals surface area contributed by atoms with Crippen LogP contribution in [0.3, 0.4) is 0 Å². The second kappa shape index (κ2) is 5.03. The second-order valence-electron chi connectivity index (χ2n) is 5.40. The Hall–Kier alpha value is -1.85. The maximum Gasteiger partial charge on any atom is 0.308 e. The first-order valence-electron chi connectivity index (χ1n) is 6.77. The molecule has 3 rings (SSSR count). The molecule has 0 aliphatic heterocycles. The van der Waals surface area contributed by atoms with E-state index in [-0.39, 0.29) is 12.0 Å². The number of anilines is 2. The van der Waals surface area contributed by atoms with Crippen molar-refractivity contribution >= 4 is 17.6 Å². The van der Waals surface area contributed by atoms with Gasteiger partial charge in [0.1, 0.15) is 18.0 Å². The highest BCUT2D eigenvalue weighted by Gasteiger charge is 2.43. The van der Waals surface area contributed by atoms with E-state index in [1.807, 2.05) is 6.07 Å². The third kappa shape index (κ3) is 2.94. The predicted octanol–water partition coefficient (Wildman–Crippen LogP) is 1.57. The molecule has 0 spiro atoms. The Balaban J connectivity index is 1.52. The highest BCUT2D eigenvalue weighted by molar-refractivity contribution is 5.75. The van der Waals surface area contributed by atoms with Crippen LogP contribution in [0.15, 0.2) is 12.4 Å². The molecule has 2 atom stereocenters. The highest BCUT2D eigenvalue weighted by atomic mass is 16.4. The molecule has 6 heteroatoms. The van der Waals surface area contributed by atoms with Gasteiger partial charge in [-0.25, -0.2) is 9.97 Å². The van der Waals surface area contributed by atoms with Gasteiger partial charge in [0.25, 0.3) is 0 Å². The van der Waals surface area contributed by atoms with E-state index in [4.69, 9.17) is 5.11 Å². The monoisotopic (exact) mass is 262 g/mol. The summed E-state index contributed by atoms with van der Waals surface area (Å²) >= 11 is 0. The summed E-state index contributed by atoms with van der Waals surface area (Å²) < 4.78 is 0. The van der Waals surface area contributed by atoms with E-state index in [0.717, 1.165) is 18.3 Å². The van der Waals surface area contributed by atoms with Gasteiger partial charge in [-0.05, 0) is 25.2 Å². The van der Waals surface area contributed by atoms with Crippen molar-refractivity contribution in [3.05, 3.63) is 12.4 Å². The summed E-state index contributed by atoms with van der Waals surface area (Å²) in [6.45, 7) is 0.956. The van der Waals surface area contributed by atoms with E-state index in [9.17, 15) is 4.79 Å². The molecule has 102 valence electrons. The van der Waals surface area contributed by atoms with Gasteiger partial charge in [0.05, 0.1) is 5.92 Å². The zero-order chi connectivity index (χ0) is 13.2. The number of nitrogens with one attached hydrogen (secondary N) is 2. The van der Waals surface area contributed by atoms with Crippen LogP contribution in [-0.4, -0.2) is 33.6 Å². The molecule has 0 radical (unpaired) electrons. The smallest absolute Gasteiger partial charge is 0.308 e. The lowest BCUT2D eigenvalue weighted by atomic mass is 9.85. The van der Waals surface area contributed by atoms with Gasteiger partial charge in [-0.3, -0.25) is 4.79 Å². The van der Waals surface area contributed by atoms with Gasteiger partial charge in [-0.15, -0.1) is 0 Å². The molecule has 0 aromatic carbocycles. The van der Waals surface area contributed by atoms with E-state index in [1.54, 1.807) is 0 Å². The Morgan fingerprint density at radius 3 is 2.79 bits per heavy atom. The topological polar surface area (TPSA) is 87.1 Å². The molecule has 1 aromatic heterocycles. The van der Waals surface area contributed by atoms with Crippen LogP contribution >= 0.6 is 0 Å².